The minimum Gasteiger partial charge on any atom is -0.396 e. The van der Waals surface area contributed by atoms with Gasteiger partial charge in [-0.15, -0.1) is 0 Å². The van der Waals surface area contributed by atoms with Crippen molar-refractivity contribution in [3.05, 3.63) is 18.0 Å². The summed E-state index contributed by atoms with van der Waals surface area (Å²) >= 11 is 0. The van der Waals surface area contributed by atoms with Crippen LogP contribution in [0.3, 0.4) is 0 Å². The van der Waals surface area contributed by atoms with Crippen LogP contribution in [-0.2, 0) is 6.54 Å². The number of piperidine rings is 1. The summed E-state index contributed by atoms with van der Waals surface area (Å²) in [5.41, 5.74) is 1.25. The normalized spacial score (nSPS) is 27.4. The van der Waals surface area contributed by atoms with Crippen molar-refractivity contribution in [2.24, 2.45) is 11.8 Å². The smallest absolute Gasteiger partial charge is 0.0564 e. The van der Waals surface area contributed by atoms with Gasteiger partial charge in [0.2, 0.25) is 0 Å². The first-order chi connectivity index (χ1) is 11.5. The van der Waals surface area contributed by atoms with Gasteiger partial charge in [-0.05, 0) is 38.5 Å². The second-order valence-corrected chi connectivity index (χ2v) is 7.85. The standard InChI is InChI=1S/C18H32N4O2/c1-14(2)22-9-15(7-19-22)8-21-11-16(17(12-21)13-23)10-20-5-3-18(24)4-6-20/h7,9,14,16-18,23-24H,3-6,8,10-13H2,1-2H3/t16-,17-/m0/s1. The maximum absolute atomic E-state index is 9.77. The molecule has 0 unspecified atom stereocenters. The molecule has 2 saturated heterocycles. The van der Waals surface area contributed by atoms with E-state index in [1.807, 2.05) is 10.9 Å². The molecule has 1 aromatic rings. The van der Waals surface area contributed by atoms with Gasteiger partial charge in [-0.3, -0.25) is 9.58 Å². The molecule has 2 fully saturated rings. The monoisotopic (exact) mass is 336 g/mol. The molecule has 3 rings (SSSR count). The van der Waals surface area contributed by atoms with Crippen molar-refractivity contribution >= 4 is 0 Å². The third-order valence-corrected chi connectivity index (χ3v) is 5.53. The van der Waals surface area contributed by atoms with Crippen LogP contribution in [0.4, 0.5) is 0 Å². The highest BCUT2D eigenvalue weighted by atomic mass is 16.3. The Balaban J connectivity index is 1.53. The van der Waals surface area contributed by atoms with Crippen molar-refractivity contribution < 1.29 is 10.2 Å². The summed E-state index contributed by atoms with van der Waals surface area (Å²) < 4.78 is 2.01. The lowest BCUT2D eigenvalue weighted by Gasteiger charge is -2.32. The molecule has 136 valence electrons. The van der Waals surface area contributed by atoms with Gasteiger partial charge in [0.1, 0.15) is 0 Å². The Morgan fingerprint density at radius 2 is 1.88 bits per heavy atom. The number of hydrogen-bond donors (Lipinski definition) is 2. The van der Waals surface area contributed by atoms with Gasteiger partial charge in [0, 0.05) is 63.7 Å². The molecule has 2 aliphatic heterocycles. The predicted molar refractivity (Wildman–Crippen MR) is 93.6 cm³/mol. The first kappa shape index (κ1) is 17.9. The van der Waals surface area contributed by atoms with E-state index in [0.717, 1.165) is 52.1 Å². The number of aromatic nitrogens is 2. The van der Waals surface area contributed by atoms with Crippen molar-refractivity contribution in [3.63, 3.8) is 0 Å². The zero-order chi connectivity index (χ0) is 17.1. The van der Waals surface area contributed by atoms with E-state index < -0.39 is 0 Å². The van der Waals surface area contributed by atoms with Crippen LogP contribution in [-0.4, -0.2) is 75.2 Å². The highest BCUT2D eigenvalue weighted by Gasteiger charge is 2.34. The van der Waals surface area contributed by atoms with Crippen LogP contribution in [0.2, 0.25) is 0 Å². The quantitative estimate of drug-likeness (QED) is 0.810. The van der Waals surface area contributed by atoms with E-state index in [0.29, 0.717) is 17.9 Å². The summed E-state index contributed by atoms with van der Waals surface area (Å²) in [4.78, 5) is 4.91. The predicted octanol–water partition coefficient (Wildman–Crippen LogP) is 0.961. The Morgan fingerprint density at radius 3 is 2.50 bits per heavy atom. The zero-order valence-electron chi connectivity index (χ0n) is 15.0. The summed E-state index contributed by atoms with van der Waals surface area (Å²) in [5.74, 6) is 0.877. The summed E-state index contributed by atoms with van der Waals surface area (Å²) in [6.45, 7) is 10.5. The number of aliphatic hydroxyl groups is 2. The van der Waals surface area contributed by atoms with Crippen molar-refractivity contribution in [1.29, 1.82) is 0 Å². The minimum atomic E-state index is -0.118. The van der Waals surface area contributed by atoms with Crippen molar-refractivity contribution in [3.8, 4) is 0 Å². The van der Waals surface area contributed by atoms with E-state index in [-0.39, 0.29) is 12.7 Å². The summed E-state index contributed by atoms with van der Waals surface area (Å²) in [5, 5.41) is 23.8. The topological polar surface area (TPSA) is 64.8 Å². The van der Waals surface area contributed by atoms with Crippen LogP contribution in [0.5, 0.6) is 0 Å². The first-order valence-electron chi connectivity index (χ1n) is 9.31. The molecule has 3 heterocycles. The van der Waals surface area contributed by atoms with E-state index in [1.165, 1.54) is 5.56 Å². The number of hydrogen-bond acceptors (Lipinski definition) is 5. The van der Waals surface area contributed by atoms with E-state index in [9.17, 15) is 10.2 Å². The average Bonchev–Trinajstić information content (AvgIpc) is 3.17. The molecule has 24 heavy (non-hydrogen) atoms. The van der Waals surface area contributed by atoms with Gasteiger partial charge in [-0.25, -0.2) is 0 Å². The van der Waals surface area contributed by atoms with E-state index in [1.54, 1.807) is 0 Å². The largest absolute Gasteiger partial charge is 0.396 e. The van der Waals surface area contributed by atoms with Gasteiger partial charge in [-0.2, -0.15) is 5.10 Å². The number of rotatable bonds is 6. The van der Waals surface area contributed by atoms with Crippen LogP contribution in [0.25, 0.3) is 0 Å². The zero-order valence-corrected chi connectivity index (χ0v) is 15.0. The molecule has 2 aliphatic rings. The average molecular weight is 336 g/mol. The fourth-order valence-electron chi connectivity index (χ4n) is 4.01. The fourth-order valence-corrected chi connectivity index (χ4v) is 4.01. The van der Waals surface area contributed by atoms with Crippen molar-refractivity contribution in [1.82, 2.24) is 19.6 Å². The second kappa shape index (κ2) is 7.95. The minimum absolute atomic E-state index is 0.118. The maximum atomic E-state index is 9.77. The molecule has 2 atom stereocenters. The van der Waals surface area contributed by atoms with Gasteiger partial charge >= 0.3 is 0 Å². The van der Waals surface area contributed by atoms with Crippen LogP contribution >= 0.6 is 0 Å². The van der Waals surface area contributed by atoms with Crippen LogP contribution in [0.1, 0.15) is 38.3 Å². The molecule has 0 radical (unpaired) electrons. The lowest BCUT2D eigenvalue weighted by atomic mass is 9.95. The molecule has 6 nitrogen and oxygen atoms in total. The van der Waals surface area contributed by atoms with Gasteiger partial charge in [-0.1, -0.05) is 0 Å². The first-order valence-corrected chi connectivity index (χ1v) is 9.31. The van der Waals surface area contributed by atoms with Crippen molar-refractivity contribution in [2.45, 2.75) is 45.4 Å². The van der Waals surface area contributed by atoms with Crippen LogP contribution < -0.4 is 0 Å². The molecular weight excluding hydrogens is 304 g/mol. The Kier molecular flexibility index (Phi) is 5.92. The number of likely N-dealkylation sites (tertiary alicyclic amines) is 2. The molecule has 2 N–H and O–H groups in total. The third kappa shape index (κ3) is 4.36. The SMILES string of the molecule is CC(C)n1cc(CN2C[C@@H](CO)[C@@H](CN3CCC(O)CC3)C2)cn1. The lowest BCUT2D eigenvalue weighted by molar-refractivity contribution is 0.0684. The Morgan fingerprint density at radius 1 is 1.17 bits per heavy atom. The molecular formula is C18H32N4O2. The Labute approximate surface area is 145 Å². The molecule has 0 bridgehead atoms. The number of aliphatic hydroxyl groups excluding tert-OH is 2. The fraction of sp³-hybridized carbons (Fsp3) is 0.833. The van der Waals surface area contributed by atoms with Gasteiger partial charge in [0.25, 0.3) is 0 Å². The van der Waals surface area contributed by atoms with Crippen LogP contribution in [0, 0.1) is 11.8 Å². The summed E-state index contributed by atoms with van der Waals surface area (Å²) in [6.07, 6.45) is 5.75. The molecule has 0 saturated carbocycles. The van der Waals surface area contributed by atoms with Crippen LogP contribution in [0.15, 0.2) is 12.4 Å². The van der Waals surface area contributed by atoms with Crippen molar-refractivity contribution in [2.75, 3.05) is 39.3 Å². The van der Waals surface area contributed by atoms with Gasteiger partial charge in [0.15, 0.2) is 0 Å². The maximum Gasteiger partial charge on any atom is 0.0564 e. The van der Waals surface area contributed by atoms with E-state index in [4.69, 9.17) is 0 Å². The molecule has 1 aromatic heterocycles. The third-order valence-electron chi connectivity index (χ3n) is 5.53. The number of nitrogens with zero attached hydrogens (tertiary/aromatic N) is 4. The lowest BCUT2D eigenvalue weighted by Crippen LogP contribution is -2.40. The van der Waals surface area contributed by atoms with Gasteiger partial charge in [0.05, 0.1) is 12.3 Å². The highest BCUT2D eigenvalue weighted by molar-refractivity contribution is 5.05. The molecule has 0 aliphatic carbocycles. The summed E-state index contributed by atoms with van der Waals surface area (Å²) in [6, 6.07) is 0.393. The second-order valence-electron chi connectivity index (χ2n) is 7.85. The highest BCUT2D eigenvalue weighted by Crippen LogP contribution is 2.26. The molecule has 0 amide bonds. The molecule has 0 aromatic carbocycles. The Hall–Kier alpha value is -0.950. The Bertz CT molecular complexity index is 511. The van der Waals surface area contributed by atoms with E-state index in [2.05, 4.69) is 34.9 Å². The molecule has 6 heteroatoms. The summed E-state index contributed by atoms with van der Waals surface area (Å²) in [7, 11) is 0. The van der Waals surface area contributed by atoms with E-state index >= 15 is 0 Å². The molecule has 0 spiro atoms. The van der Waals surface area contributed by atoms with Gasteiger partial charge < -0.3 is 15.1 Å².